The first-order valence-corrected chi connectivity index (χ1v) is 7.03. The second-order valence-electron chi connectivity index (χ2n) is 4.24. The predicted octanol–water partition coefficient (Wildman–Crippen LogP) is 0.710. The fraction of sp³-hybridized carbons (Fsp3) is 0.364. The Labute approximate surface area is 106 Å². The van der Waals surface area contributed by atoms with Crippen molar-refractivity contribution in [3.63, 3.8) is 0 Å². The van der Waals surface area contributed by atoms with Gasteiger partial charge in [-0.1, -0.05) is 5.16 Å². The molecule has 18 heavy (non-hydrogen) atoms. The Bertz CT molecular complexity index is 562. The molecule has 6 nitrogen and oxygen atoms in total. The normalized spacial score (nSPS) is 16.6. The molecule has 1 aromatic rings. The molecular weight excluding hydrogens is 254 g/mol. The number of rotatable bonds is 4. The molecule has 2 rings (SSSR count). The quantitative estimate of drug-likeness (QED) is 0.364. The van der Waals surface area contributed by atoms with Crippen molar-refractivity contribution in [2.75, 3.05) is 11.4 Å². The molecule has 0 amide bonds. The topological polar surface area (TPSA) is 96.0 Å². The molecular formula is C11H15N3O3S. The zero-order chi connectivity index (χ0) is 13.3. The maximum absolute atomic E-state index is 12.0. The first-order valence-electron chi connectivity index (χ1n) is 5.52. The van der Waals surface area contributed by atoms with Crippen LogP contribution in [0, 0.1) is 0 Å². The Kier molecular flexibility index (Phi) is 3.16. The van der Waals surface area contributed by atoms with Crippen LogP contribution in [-0.4, -0.2) is 31.8 Å². The minimum absolute atomic E-state index is 0.00532. The van der Waals surface area contributed by atoms with E-state index in [-0.39, 0.29) is 11.1 Å². The smallest absolute Gasteiger partial charge is 0.237 e. The number of nitrogens with zero attached hydrogens (tertiary/aromatic N) is 2. The molecule has 0 aromatic heterocycles. The van der Waals surface area contributed by atoms with E-state index in [1.807, 2.05) is 0 Å². The molecule has 0 heterocycles. The van der Waals surface area contributed by atoms with Gasteiger partial charge < -0.3 is 10.9 Å². The molecule has 1 fully saturated rings. The molecule has 98 valence electrons. The van der Waals surface area contributed by atoms with Crippen molar-refractivity contribution in [2.24, 2.45) is 10.9 Å². The Hall–Kier alpha value is -1.76. The number of amidine groups is 1. The first-order chi connectivity index (χ1) is 8.46. The number of hydrogen-bond donors (Lipinski definition) is 2. The maximum Gasteiger partial charge on any atom is 0.237 e. The molecule has 0 atom stereocenters. The molecule has 1 aliphatic carbocycles. The van der Waals surface area contributed by atoms with Crippen LogP contribution in [0.4, 0.5) is 5.69 Å². The van der Waals surface area contributed by atoms with E-state index in [9.17, 15) is 8.42 Å². The number of anilines is 1. The van der Waals surface area contributed by atoms with Gasteiger partial charge in [-0.15, -0.1) is 0 Å². The zero-order valence-electron chi connectivity index (χ0n) is 9.94. The van der Waals surface area contributed by atoms with E-state index in [1.54, 1.807) is 24.3 Å². The van der Waals surface area contributed by atoms with Crippen LogP contribution in [-0.2, 0) is 10.0 Å². The zero-order valence-corrected chi connectivity index (χ0v) is 10.8. The summed E-state index contributed by atoms with van der Waals surface area (Å²) in [5.74, 6) is -0.00532. The van der Waals surface area contributed by atoms with Crippen LogP contribution >= 0.6 is 0 Å². The highest BCUT2D eigenvalue weighted by Gasteiger charge is 2.38. The minimum Gasteiger partial charge on any atom is -0.409 e. The molecule has 0 unspecified atom stereocenters. The average molecular weight is 269 g/mol. The van der Waals surface area contributed by atoms with Crippen molar-refractivity contribution in [1.29, 1.82) is 0 Å². The van der Waals surface area contributed by atoms with Gasteiger partial charge >= 0.3 is 0 Å². The molecule has 0 bridgehead atoms. The van der Waals surface area contributed by atoms with E-state index in [4.69, 9.17) is 10.9 Å². The first kappa shape index (κ1) is 12.7. The molecule has 0 radical (unpaired) electrons. The van der Waals surface area contributed by atoms with Gasteiger partial charge in [-0.05, 0) is 37.1 Å². The number of sulfonamides is 1. The Morgan fingerprint density at radius 1 is 1.39 bits per heavy atom. The van der Waals surface area contributed by atoms with Gasteiger partial charge in [-0.3, -0.25) is 4.31 Å². The van der Waals surface area contributed by atoms with Crippen LogP contribution < -0.4 is 10.0 Å². The Balaban J connectivity index is 2.24. The molecule has 3 N–H and O–H groups in total. The van der Waals surface area contributed by atoms with E-state index >= 15 is 0 Å². The molecule has 0 saturated heterocycles. The third kappa shape index (κ3) is 2.26. The van der Waals surface area contributed by atoms with Crippen molar-refractivity contribution in [3.05, 3.63) is 29.8 Å². The second-order valence-corrected chi connectivity index (χ2v) is 6.49. The van der Waals surface area contributed by atoms with E-state index in [0.717, 1.165) is 12.8 Å². The molecule has 1 aromatic carbocycles. The summed E-state index contributed by atoms with van der Waals surface area (Å²) in [4.78, 5) is 0. The summed E-state index contributed by atoms with van der Waals surface area (Å²) in [6, 6.07) is 6.49. The summed E-state index contributed by atoms with van der Waals surface area (Å²) in [5.41, 5.74) is 6.54. The number of nitrogens with two attached hydrogens (primary N) is 1. The Morgan fingerprint density at radius 2 is 1.94 bits per heavy atom. The van der Waals surface area contributed by atoms with E-state index in [1.165, 1.54) is 11.4 Å². The maximum atomic E-state index is 12.0. The van der Waals surface area contributed by atoms with Crippen LogP contribution in [0.1, 0.15) is 18.4 Å². The molecule has 1 aliphatic rings. The third-order valence-corrected chi connectivity index (χ3v) is 5.25. The van der Waals surface area contributed by atoms with Gasteiger partial charge in [-0.2, -0.15) is 0 Å². The van der Waals surface area contributed by atoms with Crippen molar-refractivity contribution in [3.8, 4) is 0 Å². The van der Waals surface area contributed by atoms with Gasteiger partial charge in [0.1, 0.15) is 0 Å². The van der Waals surface area contributed by atoms with Crippen LogP contribution in [0.5, 0.6) is 0 Å². The third-order valence-electron chi connectivity index (χ3n) is 2.96. The van der Waals surface area contributed by atoms with Gasteiger partial charge in [0.05, 0.1) is 10.9 Å². The van der Waals surface area contributed by atoms with E-state index < -0.39 is 10.0 Å². The molecule has 7 heteroatoms. The largest absolute Gasteiger partial charge is 0.409 e. The predicted molar refractivity (Wildman–Crippen MR) is 69.3 cm³/mol. The summed E-state index contributed by atoms with van der Waals surface area (Å²) in [5, 5.41) is 11.2. The lowest BCUT2D eigenvalue weighted by atomic mass is 10.2. The number of oxime groups is 1. The summed E-state index contributed by atoms with van der Waals surface area (Å²) in [6.07, 6.45) is 1.46. The summed E-state index contributed by atoms with van der Waals surface area (Å²) in [7, 11) is -1.70. The van der Waals surface area contributed by atoms with E-state index in [0.29, 0.717) is 11.3 Å². The van der Waals surface area contributed by atoms with Gasteiger partial charge in [0.15, 0.2) is 5.84 Å². The van der Waals surface area contributed by atoms with E-state index in [2.05, 4.69) is 5.16 Å². The molecule has 0 aliphatic heterocycles. The van der Waals surface area contributed by atoms with Gasteiger partial charge in [0, 0.05) is 12.6 Å². The van der Waals surface area contributed by atoms with Crippen LogP contribution in [0.2, 0.25) is 0 Å². The number of hydrogen-bond acceptors (Lipinski definition) is 4. The Morgan fingerprint density at radius 3 is 2.39 bits per heavy atom. The van der Waals surface area contributed by atoms with Crippen LogP contribution in [0.25, 0.3) is 0 Å². The lowest BCUT2D eigenvalue weighted by Crippen LogP contribution is -2.29. The van der Waals surface area contributed by atoms with Gasteiger partial charge in [-0.25, -0.2) is 8.42 Å². The summed E-state index contributed by atoms with van der Waals surface area (Å²) >= 11 is 0. The summed E-state index contributed by atoms with van der Waals surface area (Å²) in [6.45, 7) is 0. The highest BCUT2D eigenvalue weighted by molar-refractivity contribution is 7.93. The van der Waals surface area contributed by atoms with Crippen molar-refractivity contribution in [2.45, 2.75) is 18.1 Å². The van der Waals surface area contributed by atoms with Crippen molar-refractivity contribution >= 4 is 21.5 Å². The lowest BCUT2D eigenvalue weighted by Gasteiger charge is -2.19. The fourth-order valence-corrected chi connectivity index (χ4v) is 3.23. The van der Waals surface area contributed by atoms with Crippen LogP contribution in [0.15, 0.2) is 29.4 Å². The van der Waals surface area contributed by atoms with Gasteiger partial charge in [0.25, 0.3) is 0 Å². The van der Waals surface area contributed by atoms with Crippen molar-refractivity contribution in [1.82, 2.24) is 0 Å². The highest BCUT2D eigenvalue weighted by atomic mass is 32.2. The standard InChI is InChI=1S/C11H15N3O3S/c1-14(18(16,17)10-6-7-10)9-4-2-8(3-5-9)11(12)13-15/h2-5,10,15H,6-7H2,1H3,(H2,12,13). The SMILES string of the molecule is CN(c1ccc(C(N)=NO)cc1)S(=O)(=O)C1CC1. The minimum atomic E-state index is -3.24. The highest BCUT2D eigenvalue weighted by Crippen LogP contribution is 2.32. The van der Waals surface area contributed by atoms with Crippen LogP contribution in [0.3, 0.4) is 0 Å². The molecule has 0 spiro atoms. The monoisotopic (exact) mass is 269 g/mol. The molecule has 1 saturated carbocycles. The number of benzene rings is 1. The van der Waals surface area contributed by atoms with Gasteiger partial charge in [0.2, 0.25) is 10.0 Å². The van der Waals surface area contributed by atoms with Crippen molar-refractivity contribution < 1.29 is 13.6 Å². The lowest BCUT2D eigenvalue weighted by molar-refractivity contribution is 0.318. The summed E-state index contributed by atoms with van der Waals surface area (Å²) < 4.78 is 25.3. The average Bonchev–Trinajstić information content (AvgIpc) is 3.21. The second kappa shape index (κ2) is 4.49. The fourth-order valence-electron chi connectivity index (χ4n) is 1.64.